The Labute approximate surface area is 318 Å². The third-order valence-corrected chi connectivity index (χ3v) is 11.5. The van der Waals surface area contributed by atoms with Crippen molar-refractivity contribution in [1.29, 1.82) is 0 Å². The van der Waals surface area contributed by atoms with E-state index in [1.807, 2.05) is 111 Å². The summed E-state index contributed by atoms with van der Waals surface area (Å²) in [4.78, 5) is 14.1. The van der Waals surface area contributed by atoms with Gasteiger partial charge in [0.15, 0.2) is 0 Å². The number of aliphatic imine (C=N–C) groups is 1. The Bertz CT molecular complexity index is 2360. The average Bonchev–Trinajstić information content (AvgIpc) is 3.61. The molecule has 256 valence electrons. The predicted octanol–water partition coefficient (Wildman–Crippen LogP) is 9.85. The van der Waals surface area contributed by atoms with Crippen LogP contribution in [0.1, 0.15) is 25.3 Å². The normalized spacial score (nSPS) is 21.7. The van der Waals surface area contributed by atoms with Gasteiger partial charge in [-0.05, 0) is 77.1 Å². The monoisotopic (exact) mass is 853 g/mol. The molecule has 6 bridgehead atoms. The summed E-state index contributed by atoms with van der Waals surface area (Å²) in [5.74, 6) is 4.07. The number of fused-ring (bicyclic) bond motifs is 3. The van der Waals surface area contributed by atoms with Crippen molar-refractivity contribution in [3.63, 3.8) is 0 Å². The Morgan fingerprint density at radius 3 is 1.65 bits per heavy atom. The van der Waals surface area contributed by atoms with Gasteiger partial charge in [0, 0.05) is 20.3 Å². The Kier molecular flexibility index (Phi) is 8.98. The maximum absolute atomic E-state index is 4.85. The van der Waals surface area contributed by atoms with Crippen molar-refractivity contribution in [2.24, 2.45) is 42.3 Å². The quantitative estimate of drug-likeness (QED) is 0.166. The molecule has 4 unspecified atom stereocenters. The first-order valence-corrected chi connectivity index (χ1v) is 17.7. The van der Waals surface area contributed by atoms with E-state index < -0.39 is 0 Å². The van der Waals surface area contributed by atoms with E-state index in [2.05, 4.69) is 80.8 Å². The summed E-state index contributed by atoms with van der Waals surface area (Å²) >= 11 is 0. The van der Waals surface area contributed by atoms with Gasteiger partial charge < -0.3 is 14.1 Å². The molecule has 13 rings (SSSR count). The molecule has 2 fully saturated rings. The summed E-state index contributed by atoms with van der Waals surface area (Å²) in [7, 11) is 4.07. The number of aromatic nitrogens is 4. The van der Waals surface area contributed by atoms with Crippen LogP contribution in [0.15, 0.2) is 150 Å². The minimum absolute atomic E-state index is 0. The molecule has 4 heterocycles. The van der Waals surface area contributed by atoms with E-state index in [1.165, 1.54) is 29.7 Å². The molecule has 0 N–H and O–H groups in total. The molecular weight excluding hydrogens is 815 g/mol. The molecule has 6 aliphatic rings. The minimum atomic E-state index is 0. The molecule has 5 aromatic carbocycles. The maximum Gasteiger partial charge on any atom is 3.00 e. The Morgan fingerprint density at radius 2 is 1.15 bits per heavy atom. The average molecular weight is 853 g/mol. The second kappa shape index (κ2) is 13.8. The summed E-state index contributed by atoms with van der Waals surface area (Å²) in [5.41, 5.74) is 12.4. The fourth-order valence-corrected chi connectivity index (χ4v) is 8.70. The van der Waals surface area contributed by atoms with Gasteiger partial charge in [0.25, 0.3) is 0 Å². The van der Waals surface area contributed by atoms with Crippen LogP contribution in [-0.2, 0) is 34.2 Å². The van der Waals surface area contributed by atoms with Crippen molar-refractivity contribution < 1.29 is 20.1 Å². The molecule has 0 saturated heterocycles. The van der Waals surface area contributed by atoms with Gasteiger partial charge in [-0.25, -0.2) is 0 Å². The van der Waals surface area contributed by atoms with Crippen molar-refractivity contribution in [3.05, 3.63) is 169 Å². The Balaban J connectivity index is 0.000000111. The van der Waals surface area contributed by atoms with Gasteiger partial charge in [0.2, 0.25) is 0 Å². The van der Waals surface area contributed by atoms with Crippen molar-refractivity contribution in [2.75, 3.05) is 0 Å². The molecule has 0 amide bonds. The SMILES string of the molecule is CC12C3CC4=CC1C(c1[c-]cccc1)=NC=C4C2C3.Cn1c(-c2[c-]cccc2)nc2ccccc21.Cn1c(-c2[c-]cccc2)nc2ccccc21.[Ir+3]. The van der Waals surface area contributed by atoms with Gasteiger partial charge in [-0.1, -0.05) is 37.3 Å². The van der Waals surface area contributed by atoms with Crippen LogP contribution in [0.25, 0.3) is 44.8 Å². The standard InChI is InChI=1S/C18H16N.2C14H11N2.Ir/c1-18-13-7-12-8-16(18)17(11-5-3-2-4-6-11)19-10-14(12)15(18)9-13;2*1-16-13-10-6-5-9-12(13)15-14(16)11-7-3-2-4-8-11;/h2-5,8,10,13,15-16H,7,9H2,1H3;2*2-7,9-10H,1H3;/q3*-1;+3. The fraction of sp³-hybridized carbons (Fsp3) is 0.196. The number of benzene rings is 5. The Morgan fingerprint density at radius 1 is 0.654 bits per heavy atom. The van der Waals surface area contributed by atoms with Crippen LogP contribution >= 0.6 is 0 Å². The van der Waals surface area contributed by atoms with Gasteiger partial charge in [-0.15, -0.1) is 108 Å². The second-order valence-corrected chi connectivity index (χ2v) is 14.1. The number of hydrogen-bond acceptors (Lipinski definition) is 3. The third-order valence-electron chi connectivity index (χ3n) is 11.5. The topological polar surface area (TPSA) is 48.0 Å². The summed E-state index contributed by atoms with van der Waals surface area (Å²) in [6.07, 6.45) is 7.34. The molecule has 52 heavy (non-hydrogen) atoms. The molecule has 2 aliphatic heterocycles. The number of aryl methyl sites for hydroxylation is 2. The minimum Gasteiger partial charge on any atom is -0.367 e. The number of hydrogen-bond donors (Lipinski definition) is 0. The molecule has 0 radical (unpaired) electrons. The number of rotatable bonds is 3. The smallest absolute Gasteiger partial charge is 0.367 e. The first kappa shape index (κ1) is 34.0. The molecule has 6 heteroatoms. The van der Waals surface area contributed by atoms with Gasteiger partial charge in [-0.3, -0.25) is 9.97 Å². The third kappa shape index (κ3) is 5.62. The van der Waals surface area contributed by atoms with Crippen LogP contribution in [0.2, 0.25) is 0 Å². The molecule has 4 atom stereocenters. The van der Waals surface area contributed by atoms with E-state index in [4.69, 9.17) is 4.99 Å². The van der Waals surface area contributed by atoms with Crippen LogP contribution in [0.3, 0.4) is 0 Å². The van der Waals surface area contributed by atoms with Crippen LogP contribution in [0.4, 0.5) is 0 Å². The number of para-hydroxylation sites is 4. The van der Waals surface area contributed by atoms with E-state index in [9.17, 15) is 0 Å². The maximum atomic E-state index is 4.85. The van der Waals surface area contributed by atoms with Gasteiger partial charge in [0.1, 0.15) is 0 Å². The van der Waals surface area contributed by atoms with Gasteiger partial charge in [0.05, 0.1) is 33.7 Å². The number of allylic oxidation sites excluding steroid dienone is 3. The number of nitrogens with zero attached hydrogens (tertiary/aromatic N) is 5. The second-order valence-electron chi connectivity index (χ2n) is 14.1. The molecular formula is C46H38IrN5. The van der Waals surface area contributed by atoms with Crippen LogP contribution < -0.4 is 0 Å². The Hall–Kier alpha value is -5.16. The van der Waals surface area contributed by atoms with Crippen molar-refractivity contribution in [3.8, 4) is 22.8 Å². The summed E-state index contributed by atoms with van der Waals surface area (Å²) in [6.45, 7) is 2.49. The molecule has 5 nitrogen and oxygen atoms in total. The zero-order valence-corrected chi connectivity index (χ0v) is 31.8. The zero-order chi connectivity index (χ0) is 34.5. The molecule has 7 aromatic rings. The van der Waals surface area contributed by atoms with E-state index >= 15 is 0 Å². The van der Waals surface area contributed by atoms with Crippen molar-refractivity contribution >= 4 is 27.8 Å². The molecule has 2 aromatic heterocycles. The summed E-state index contributed by atoms with van der Waals surface area (Å²) in [5, 5.41) is 0. The molecule has 2 saturated carbocycles. The first-order valence-electron chi connectivity index (χ1n) is 17.7. The van der Waals surface area contributed by atoms with Gasteiger partial charge in [-0.2, -0.15) is 0 Å². The first-order chi connectivity index (χ1) is 25.0. The van der Waals surface area contributed by atoms with Gasteiger partial charge >= 0.3 is 20.1 Å². The molecule has 0 spiro atoms. The predicted molar refractivity (Wildman–Crippen MR) is 206 cm³/mol. The largest absolute Gasteiger partial charge is 3.00 e. The van der Waals surface area contributed by atoms with Crippen LogP contribution in [0.5, 0.6) is 0 Å². The fourth-order valence-electron chi connectivity index (χ4n) is 8.70. The zero-order valence-electron chi connectivity index (χ0n) is 29.4. The van der Waals surface area contributed by atoms with Crippen molar-refractivity contribution in [1.82, 2.24) is 19.1 Å². The number of imidazole rings is 2. The molecule has 4 aliphatic carbocycles. The van der Waals surface area contributed by atoms with E-state index in [-0.39, 0.29) is 20.1 Å². The van der Waals surface area contributed by atoms with E-state index in [0.717, 1.165) is 56.7 Å². The van der Waals surface area contributed by atoms with E-state index in [0.29, 0.717) is 11.3 Å². The van der Waals surface area contributed by atoms with Crippen LogP contribution in [-0.4, -0.2) is 24.8 Å². The summed E-state index contributed by atoms with van der Waals surface area (Å²) in [6, 6.07) is 50.1. The van der Waals surface area contributed by atoms with E-state index in [1.54, 1.807) is 5.57 Å². The summed E-state index contributed by atoms with van der Waals surface area (Å²) < 4.78 is 4.20. The van der Waals surface area contributed by atoms with Crippen LogP contribution in [0, 0.1) is 41.4 Å². The van der Waals surface area contributed by atoms with Crippen molar-refractivity contribution in [2.45, 2.75) is 19.8 Å².